The molecule has 102 valence electrons. The Kier molecular flexibility index (Phi) is 3.61. The summed E-state index contributed by atoms with van der Waals surface area (Å²) in [7, 11) is 0. The molecule has 0 spiro atoms. The third-order valence-electron chi connectivity index (χ3n) is 3.74. The van der Waals surface area contributed by atoms with Gasteiger partial charge in [-0.25, -0.2) is 9.97 Å². The maximum atomic E-state index is 5.84. The Morgan fingerprint density at radius 2 is 2.42 bits per heavy atom. The van der Waals surface area contributed by atoms with Crippen molar-refractivity contribution in [2.75, 3.05) is 30.8 Å². The molecule has 0 aliphatic carbocycles. The summed E-state index contributed by atoms with van der Waals surface area (Å²) in [6.07, 6.45) is 7.04. The predicted molar refractivity (Wildman–Crippen MR) is 80.1 cm³/mol. The number of aromatic amines is 1. The minimum Gasteiger partial charge on any atom is -0.382 e. The second kappa shape index (κ2) is 5.38. The lowest BCUT2D eigenvalue weighted by Crippen LogP contribution is -2.20. The van der Waals surface area contributed by atoms with Gasteiger partial charge < -0.3 is 10.7 Å². The molecule has 2 aromatic heterocycles. The molecule has 2 aromatic rings. The van der Waals surface area contributed by atoms with E-state index in [1.165, 1.54) is 37.2 Å². The molecule has 1 unspecified atom stereocenters. The van der Waals surface area contributed by atoms with Crippen molar-refractivity contribution < 1.29 is 0 Å². The Bertz CT molecular complexity index is 567. The fraction of sp³-hybridized carbons (Fsp3) is 0.538. The van der Waals surface area contributed by atoms with Gasteiger partial charge in [0.2, 0.25) is 0 Å². The van der Waals surface area contributed by atoms with E-state index in [1.807, 2.05) is 18.0 Å². The molecule has 0 aromatic carbocycles. The smallest absolute Gasteiger partial charge is 0.151 e. The minimum absolute atomic E-state index is 0.526. The number of nitrogen functional groups attached to an aromatic ring is 1. The van der Waals surface area contributed by atoms with Gasteiger partial charge >= 0.3 is 0 Å². The van der Waals surface area contributed by atoms with E-state index in [1.54, 1.807) is 0 Å². The van der Waals surface area contributed by atoms with Crippen LogP contribution in [0.3, 0.4) is 0 Å². The van der Waals surface area contributed by atoms with Gasteiger partial charge in [0.1, 0.15) is 11.8 Å². The highest BCUT2D eigenvalue weighted by Crippen LogP contribution is 2.24. The van der Waals surface area contributed by atoms with Crippen molar-refractivity contribution in [3.63, 3.8) is 0 Å². The number of thioether (sulfide) groups is 1. The Balaban J connectivity index is 1.74. The maximum Gasteiger partial charge on any atom is 0.151 e. The fourth-order valence-corrected chi connectivity index (χ4v) is 3.55. The van der Waals surface area contributed by atoms with Gasteiger partial charge in [0.15, 0.2) is 5.82 Å². The van der Waals surface area contributed by atoms with Gasteiger partial charge in [-0.1, -0.05) is 0 Å². The van der Waals surface area contributed by atoms with E-state index in [2.05, 4.69) is 26.1 Å². The standard InChI is InChI=1S/C13H19N5S/c1-19-7-9-2-3-18(5-9)6-10-4-15-12-11(10)16-8-17-13(12)14/h4,8-9,15H,2-3,5-7H2,1H3,(H2,14,16,17). The van der Waals surface area contributed by atoms with Crippen molar-refractivity contribution in [3.8, 4) is 0 Å². The van der Waals surface area contributed by atoms with Crippen molar-refractivity contribution in [3.05, 3.63) is 18.1 Å². The van der Waals surface area contributed by atoms with Crippen LogP contribution in [0.5, 0.6) is 0 Å². The second-order valence-electron chi connectivity index (χ2n) is 5.14. The average molecular weight is 277 g/mol. The molecule has 3 N–H and O–H groups in total. The van der Waals surface area contributed by atoms with Crippen LogP contribution in [0.1, 0.15) is 12.0 Å². The van der Waals surface area contributed by atoms with Crippen LogP contribution in [0.25, 0.3) is 11.0 Å². The van der Waals surface area contributed by atoms with Gasteiger partial charge in [0, 0.05) is 24.8 Å². The molecule has 1 atom stereocenters. The van der Waals surface area contributed by atoms with Crippen LogP contribution >= 0.6 is 11.8 Å². The molecule has 0 radical (unpaired) electrons. The molecule has 5 nitrogen and oxygen atoms in total. The van der Waals surface area contributed by atoms with Crippen LogP contribution in [-0.2, 0) is 6.54 Å². The van der Waals surface area contributed by atoms with Crippen molar-refractivity contribution in [2.45, 2.75) is 13.0 Å². The summed E-state index contributed by atoms with van der Waals surface area (Å²) in [5, 5.41) is 0. The van der Waals surface area contributed by atoms with E-state index in [9.17, 15) is 0 Å². The van der Waals surface area contributed by atoms with Crippen LogP contribution in [0.4, 0.5) is 5.82 Å². The predicted octanol–water partition coefficient (Wildman–Crippen LogP) is 1.72. The van der Waals surface area contributed by atoms with Crippen LogP contribution < -0.4 is 5.73 Å². The van der Waals surface area contributed by atoms with Gasteiger partial charge in [-0.05, 0) is 30.9 Å². The second-order valence-corrected chi connectivity index (χ2v) is 6.05. The minimum atomic E-state index is 0.526. The summed E-state index contributed by atoms with van der Waals surface area (Å²) < 4.78 is 0. The third-order valence-corrected chi connectivity index (χ3v) is 4.54. The van der Waals surface area contributed by atoms with E-state index in [-0.39, 0.29) is 0 Å². The van der Waals surface area contributed by atoms with Gasteiger partial charge in [-0.15, -0.1) is 0 Å². The van der Waals surface area contributed by atoms with Gasteiger partial charge in [0.25, 0.3) is 0 Å². The van der Waals surface area contributed by atoms with Crippen LogP contribution in [-0.4, -0.2) is 44.9 Å². The van der Waals surface area contributed by atoms with Gasteiger partial charge in [-0.3, -0.25) is 4.90 Å². The summed E-state index contributed by atoms with van der Waals surface area (Å²) in [5.41, 5.74) is 8.87. The van der Waals surface area contributed by atoms with E-state index in [4.69, 9.17) is 5.73 Å². The molecular formula is C13H19N5S. The third kappa shape index (κ3) is 2.55. The summed E-state index contributed by atoms with van der Waals surface area (Å²) in [6, 6.07) is 0. The molecule has 19 heavy (non-hydrogen) atoms. The molecule has 3 rings (SSSR count). The largest absolute Gasteiger partial charge is 0.382 e. The highest BCUT2D eigenvalue weighted by molar-refractivity contribution is 7.98. The Labute approximate surface area is 117 Å². The number of rotatable bonds is 4. The number of nitrogens with one attached hydrogen (secondary N) is 1. The first-order chi connectivity index (χ1) is 9.28. The summed E-state index contributed by atoms with van der Waals surface area (Å²) >= 11 is 1.94. The molecule has 1 aliphatic heterocycles. The van der Waals surface area contributed by atoms with Gasteiger partial charge in [-0.2, -0.15) is 11.8 Å². The number of hydrogen-bond donors (Lipinski definition) is 2. The number of anilines is 1. The van der Waals surface area contributed by atoms with Gasteiger partial charge in [0.05, 0.1) is 5.52 Å². The topological polar surface area (TPSA) is 70.8 Å². The molecule has 0 bridgehead atoms. The lowest BCUT2D eigenvalue weighted by Gasteiger charge is -2.14. The lowest BCUT2D eigenvalue weighted by atomic mass is 10.2. The van der Waals surface area contributed by atoms with Crippen molar-refractivity contribution >= 4 is 28.6 Å². The zero-order chi connectivity index (χ0) is 13.2. The van der Waals surface area contributed by atoms with E-state index in [0.29, 0.717) is 5.82 Å². The zero-order valence-corrected chi connectivity index (χ0v) is 11.9. The van der Waals surface area contributed by atoms with Crippen LogP contribution in [0, 0.1) is 5.92 Å². The van der Waals surface area contributed by atoms with Crippen molar-refractivity contribution in [2.24, 2.45) is 5.92 Å². The molecular weight excluding hydrogens is 258 g/mol. The Hall–Kier alpha value is -1.27. The SMILES string of the molecule is CSCC1CCN(Cc2c[nH]c3c(N)ncnc23)C1. The van der Waals surface area contributed by atoms with Crippen LogP contribution in [0.15, 0.2) is 12.5 Å². The first kappa shape index (κ1) is 12.7. The summed E-state index contributed by atoms with van der Waals surface area (Å²) in [6.45, 7) is 3.31. The summed E-state index contributed by atoms with van der Waals surface area (Å²) in [4.78, 5) is 14.0. The summed E-state index contributed by atoms with van der Waals surface area (Å²) in [5.74, 6) is 2.62. The number of H-pyrrole nitrogens is 1. The first-order valence-electron chi connectivity index (χ1n) is 6.55. The highest BCUT2D eigenvalue weighted by Gasteiger charge is 2.23. The highest BCUT2D eigenvalue weighted by atomic mass is 32.2. The first-order valence-corrected chi connectivity index (χ1v) is 7.95. The maximum absolute atomic E-state index is 5.84. The van der Waals surface area contributed by atoms with E-state index < -0.39 is 0 Å². The number of aromatic nitrogens is 3. The zero-order valence-electron chi connectivity index (χ0n) is 11.1. The van der Waals surface area contributed by atoms with Crippen molar-refractivity contribution in [1.29, 1.82) is 0 Å². The average Bonchev–Trinajstić information content (AvgIpc) is 3.00. The number of hydrogen-bond acceptors (Lipinski definition) is 5. The molecule has 0 amide bonds. The van der Waals surface area contributed by atoms with E-state index in [0.717, 1.165) is 23.5 Å². The van der Waals surface area contributed by atoms with Crippen molar-refractivity contribution in [1.82, 2.24) is 19.9 Å². The fourth-order valence-electron chi connectivity index (χ4n) is 2.80. The molecule has 0 saturated carbocycles. The Morgan fingerprint density at radius 3 is 3.26 bits per heavy atom. The molecule has 3 heterocycles. The molecule has 1 aliphatic rings. The number of nitrogens with two attached hydrogens (primary N) is 1. The lowest BCUT2D eigenvalue weighted by molar-refractivity contribution is 0.322. The van der Waals surface area contributed by atoms with E-state index >= 15 is 0 Å². The molecule has 1 fully saturated rings. The monoisotopic (exact) mass is 277 g/mol. The number of nitrogens with zero attached hydrogens (tertiary/aromatic N) is 3. The molecule has 1 saturated heterocycles. The Morgan fingerprint density at radius 1 is 1.53 bits per heavy atom. The molecule has 6 heteroatoms. The van der Waals surface area contributed by atoms with Crippen LogP contribution in [0.2, 0.25) is 0 Å². The normalized spacial score (nSPS) is 20.4. The quantitative estimate of drug-likeness (QED) is 0.890. The number of fused-ring (bicyclic) bond motifs is 1. The number of likely N-dealkylation sites (tertiary alicyclic amines) is 1.